The van der Waals surface area contributed by atoms with E-state index in [1.54, 1.807) is 7.11 Å². The number of nitrogens with zero attached hydrogens (tertiary/aromatic N) is 2. The number of rotatable bonds is 5. The Hall–Kier alpha value is -1.13. The van der Waals surface area contributed by atoms with Crippen molar-refractivity contribution in [2.75, 3.05) is 20.2 Å². The van der Waals surface area contributed by atoms with E-state index in [9.17, 15) is 0 Å². The van der Waals surface area contributed by atoms with Gasteiger partial charge in [-0.1, -0.05) is 13.3 Å². The first-order valence-electron chi connectivity index (χ1n) is 7.61. The molecule has 2 atom stereocenters. The van der Waals surface area contributed by atoms with Crippen LogP contribution >= 0.6 is 0 Å². The Morgan fingerprint density at radius 1 is 1.45 bits per heavy atom. The Labute approximate surface area is 122 Å². The lowest BCUT2D eigenvalue weighted by atomic mass is 10.0. The highest BCUT2D eigenvalue weighted by molar-refractivity contribution is 5.26. The van der Waals surface area contributed by atoms with Crippen LogP contribution in [0.5, 0.6) is 5.75 Å². The number of nitrogens with one attached hydrogen (secondary N) is 1. The lowest BCUT2D eigenvalue weighted by molar-refractivity contribution is 0.118. The molecule has 4 heteroatoms. The fraction of sp³-hybridized carbons (Fsp3) is 0.688. The van der Waals surface area contributed by atoms with Crippen molar-refractivity contribution in [3.63, 3.8) is 0 Å². The van der Waals surface area contributed by atoms with Gasteiger partial charge in [0.05, 0.1) is 12.8 Å². The van der Waals surface area contributed by atoms with Crippen molar-refractivity contribution in [1.29, 1.82) is 0 Å². The summed E-state index contributed by atoms with van der Waals surface area (Å²) in [7, 11) is 1.71. The molecule has 0 aromatic carbocycles. The number of aryl methyl sites for hydroxylation is 1. The number of ether oxygens (including phenoxy) is 1. The van der Waals surface area contributed by atoms with Gasteiger partial charge in [0.15, 0.2) is 0 Å². The van der Waals surface area contributed by atoms with Gasteiger partial charge in [0, 0.05) is 49.5 Å². The van der Waals surface area contributed by atoms with Crippen molar-refractivity contribution in [2.45, 2.75) is 52.2 Å². The van der Waals surface area contributed by atoms with Crippen molar-refractivity contribution in [1.82, 2.24) is 15.2 Å². The molecule has 1 aliphatic heterocycles. The van der Waals surface area contributed by atoms with Gasteiger partial charge in [-0.15, -0.1) is 0 Å². The third-order valence-electron chi connectivity index (χ3n) is 3.93. The van der Waals surface area contributed by atoms with Crippen LogP contribution in [0.2, 0.25) is 0 Å². The monoisotopic (exact) mass is 277 g/mol. The molecular weight excluding hydrogens is 250 g/mol. The smallest absolute Gasteiger partial charge is 0.122 e. The average molecular weight is 277 g/mol. The van der Waals surface area contributed by atoms with Crippen LogP contribution in [0.4, 0.5) is 0 Å². The zero-order valence-corrected chi connectivity index (χ0v) is 13.1. The van der Waals surface area contributed by atoms with Gasteiger partial charge in [0.1, 0.15) is 5.75 Å². The topological polar surface area (TPSA) is 37.4 Å². The van der Waals surface area contributed by atoms with Crippen LogP contribution in [-0.2, 0) is 6.54 Å². The van der Waals surface area contributed by atoms with E-state index in [1.165, 1.54) is 12.8 Å². The second-order valence-corrected chi connectivity index (χ2v) is 5.82. The van der Waals surface area contributed by atoms with Crippen LogP contribution in [0, 0.1) is 6.92 Å². The highest BCUT2D eigenvalue weighted by atomic mass is 16.5. The Balaban J connectivity index is 2.10. The fourth-order valence-electron chi connectivity index (χ4n) is 2.95. The zero-order chi connectivity index (χ0) is 14.5. The zero-order valence-electron chi connectivity index (χ0n) is 13.1. The van der Waals surface area contributed by atoms with Gasteiger partial charge in [0.25, 0.3) is 0 Å². The molecule has 2 rings (SSSR count). The molecule has 0 bridgehead atoms. The van der Waals surface area contributed by atoms with Gasteiger partial charge in [0.2, 0.25) is 0 Å². The minimum Gasteiger partial charge on any atom is -0.497 e. The first kappa shape index (κ1) is 15.3. The van der Waals surface area contributed by atoms with Gasteiger partial charge < -0.3 is 10.1 Å². The fourth-order valence-corrected chi connectivity index (χ4v) is 2.95. The van der Waals surface area contributed by atoms with Crippen LogP contribution in [0.3, 0.4) is 0 Å². The van der Waals surface area contributed by atoms with Crippen molar-refractivity contribution >= 4 is 0 Å². The average Bonchev–Trinajstić information content (AvgIpc) is 2.41. The van der Waals surface area contributed by atoms with Gasteiger partial charge in [-0.05, 0) is 20.3 Å². The van der Waals surface area contributed by atoms with E-state index >= 15 is 0 Å². The Bertz CT molecular complexity index is 436. The molecular formula is C16H27N3O. The van der Waals surface area contributed by atoms with Crippen LogP contribution < -0.4 is 10.1 Å². The maximum Gasteiger partial charge on any atom is 0.122 e. The summed E-state index contributed by atoms with van der Waals surface area (Å²) in [6, 6.07) is 5.20. The molecule has 1 saturated heterocycles. The Morgan fingerprint density at radius 2 is 2.25 bits per heavy atom. The van der Waals surface area contributed by atoms with E-state index in [1.807, 2.05) is 13.0 Å². The predicted octanol–water partition coefficient (Wildman–Crippen LogP) is 2.36. The summed E-state index contributed by atoms with van der Waals surface area (Å²) >= 11 is 0. The lowest BCUT2D eigenvalue weighted by Crippen LogP contribution is -2.54. The molecule has 1 aromatic heterocycles. The largest absolute Gasteiger partial charge is 0.497 e. The third kappa shape index (κ3) is 3.93. The summed E-state index contributed by atoms with van der Waals surface area (Å²) in [5, 5.41) is 3.58. The van der Waals surface area contributed by atoms with E-state index < -0.39 is 0 Å². The molecule has 1 aliphatic rings. The van der Waals surface area contributed by atoms with Crippen LogP contribution in [0.1, 0.15) is 38.1 Å². The highest BCUT2D eigenvalue weighted by Gasteiger charge is 2.25. The maximum absolute atomic E-state index is 5.35. The summed E-state index contributed by atoms with van der Waals surface area (Å²) in [5.74, 6) is 0.905. The SMILES string of the molecule is CCCC1CNC(C)CN1Cc1cc(OC)cc(C)n1. The molecule has 2 heterocycles. The quantitative estimate of drug-likeness (QED) is 0.896. The van der Waals surface area contributed by atoms with E-state index in [-0.39, 0.29) is 0 Å². The van der Waals surface area contributed by atoms with Gasteiger partial charge in [-0.25, -0.2) is 0 Å². The third-order valence-corrected chi connectivity index (χ3v) is 3.93. The Kier molecular flexibility index (Phi) is 5.38. The van der Waals surface area contributed by atoms with E-state index in [0.717, 1.165) is 36.8 Å². The first-order chi connectivity index (χ1) is 9.62. The number of piperazine rings is 1. The minimum absolute atomic E-state index is 0.551. The predicted molar refractivity (Wildman–Crippen MR) is 82.1 cm³/mol. The molecule has 2 unspecified atom stereocenters. The molecule has 112 valence electrons. The van der Waals surface area contributed by atoms with Gasteiger partial charge in [-0.3, -0.25) is 9.88 Å². The normalized spacial score (nSPS) is 23.8. The van der Waals surface area contributed by atoms with Gasteiger partial charge in [-0.2, -0.15) is 0 Å². The lowest BCUT2D eigenvalue weighted by Gasteiger charge is -2.39. The molecule has 0 radical (unpaired) electrons. The summed E-state index contributed by atoms with van der Waals surface area (Å²) in [6.45, 7) is 9.61. The van der Waals surface area contributed by atoms with Crippen LogP contribution in [-0.4, -0.2) is 42.2 Å². The van der Waals surface area contributed by atoms with E-state index in [0.29, 0.717) is 12.1 Å². The van der Waals surface area contributed by atoms with Crippen molar-refractivity contribution < 1.29 is 4.74 Å². The number of hydrogen-bond donors (Lipinski definition) is 1. The second-order valence-electron chi connectivity index (χ2n) is 5.82. The number of aromatic nitrogens is 1. The van der Waals surface area contributed by atoms with Crippen molar-refractivity contribution in [2.24, 2.45) is 0 Å². The van der Waals surface area contributed by atoms with Crippen LogP contribution in [0.25, 0.3) is 0 Å². The van der Waals surface area contributed by atoms with E-state index in [2.05, 4.69) is 35.1 Å². The molecule has 0 amide bonds. The molecule has 1 aromatic rings. The minimum atomic E-state index is 0.551. The maximum atomic E-state index is 5.35. The molecule has 0 aliphatic carbocycles. The van der Waals surface area contributed by atoms with Crippen molar-refractivity contribution in [3.8, 4) is 5.75 Å². The van der Waals surface area contributed by atoms with Gasteiger partial charge >= 0.3 is 0 Å². The summed E-state index contributed by atoms with van der Waals surface area (Å²) < 4.78 is 5.35. The molecule has 1 N–H and O–H groups in total. The summed E-state index contributed by atoms with van der Waals surface area (Å²) in [5.41, 5.74) is 2.13. The number of methoxy groups -OCH3 is 1. The molecule has 20 heavy (non-hydrogen) atoms. The molecule has 0 spiro atoms. The Morgan fingerprint density at radius 3 is 2.95 bits per heavy atom. The highest BCUT2D eigenvalue weighted by Crippen LogP contribution is 2.19. The first-order valence-corrected chi connectivity index (χ1v) is 7.61. The summed E-state index contributed by atoms with van der Waals surface area (Å²) in [4.78, 5) is 7.21. The molecule has 4 nitrogen and oxygen atoms in total. The van der Waals surface area contributed by atoms with E-state index in [4.69, 9.17) is 4.74 Å². The second kappa shape index (κ2) is 7.04. The van der Waals surface area contributed by atoms with Crippen molar-refractivity contribution in [3.05, 3.63) is 23.5 Å². The molecule has 0 saturated carbocycles. The standard InChI is InChI=1S/C16H27N3O/c1-5-6-15-9-17-13(3)10-19(15)11-14-8-16(20-4)7-12(2)18-14/h7-8,13,15,17H,5-6,9-11H2,1-4H3. The molecule has 1 fully saturated rings. The van der Waals surface area contributed by atoms with Crippen LogP contribution in [0.15, 0.2) is 12.1 Å². The number of hydrogen-bond acceptors (Lipinski definition) is 4. The summed E-state index contributed by atoms with van der Waals surface area (Å²) in [6.07, 6.45) is 2.46. The number of pyridine rings is 1.